The van der Waals surface area contributed by atoms with Gasteiger partial charge in [-0.3, -0.25) is 4.90 Å². The molecular weight excluding hydrogens is 421 g/mol. The number of nitrogens with zero attached hydrogens (tertiary/aromatic N) is 3. The van der Waals surface area contributed by atoms with Crippen molar-refractivity contribution in [1.82, 2.24) is 10.3 Å². The normalized spacial score (nSPS) is 17.3. The molecule has 9 heteroatoms. The molecule has 0 aliphatic carbocycles. The van der Waals surface area contributed by atoms with E-state index in [0.29, 0.717) is 41.6 Å². The lowest BCUT2D eigenvalue weighted by molar-refractivity contribution is -0.137. The van der Waals surface area contributed by atoms with Gasteiger partial charge >= 0.3 is 12.2 Å². The molecule has 2 bridgehead atoms. The van der Waals surface area contributed by atoms with Crippen LogP contribution < -0.4 is 19.9 Å². The molecule has 2 aromatic rings. The number of pyridine rings is 1. The summed E-state index contributed by atoms with van der Waals surface area (Å²) in [5, 5.41) is 2.98. The van der Waals surface area contributed by atoms with Gasteiger partial charge < -0.3 is 15.0 Å². The second kappa shape index (κ2) is 8.88. The molecule has 6 nitrogen and oxygen atoms in total. The van der Waals surface area contributed by atoms with Crippen LogP contribution in [0.4, 0.5) is 29.5 Å². The van der Waals surface area contributed by atoms with E-state index in [0.717, 1.165) is 44.4 Å². The number of rotatable bonds is 6. The Hall–Kier alpha value is -2.97. The minimum absolute atomic E-state index is 0.0392. The molecule has 1 aromatic carbocycles. The van der Waals surface area contributed by atoms with Gasteiger partial charge in [-0.1, -0.05) is 31.9 Å². The molecule has 1 fully saturated rings. The lowest BCUT2D eigenvalue weighted by Crippen LogP contribution is -2.51. The number of benzene rings is 1. The van der Waals surface area contributed by atoms with Crippen molar-refractivity contribution in [1.29, 1.82) is 0 Å². The summed E-state index contributed by atoms with van der Waals surface area (Å²) in [6.07, 6.45) is -0.690. The standard InChI is InChI=1S/C23H27F3N4O2/c1-3-4-5-10-27-22(31)30-17-9-11-29(14-17)20-19(32-2)13-18(28-21(20)30)15-7-6-8-16(12-15)23(24,25)26/h6-8,12-13,17H,3-5,9-11,14H2,1-2H3,(H,27,31)/t17-/m0/s1. The van der Waals surface area contributed by atoms with E-state index in [-0.39, 0.29) is 12.1 Å². The van der Waals surface area contributed by atoms with Crippen molar-refractivity contribution in [3.8, 4) is 17.0 Å². The van der Waals surface area contributed by atoms with E-state index in [2.05, 4.69) is 22.1 Å². The summed E-state index contributed by atoms with van der Waals surface area (Å²) in [6, 6.07) is 6.41. The Kier molecular flexibility index (Phi) is 6.17. The first kappa shape index (κ1) is 22.2. The van der Waals surface area contributed by atoms with Gasteiger partial charge in [0, 0.05) is 31.3 Å². The molecule has 2 aliphatic heterocycles. The van der Waals surface area contributed by atoms with Crippen LogP contribution >= 0.6 is 0 Å². The predicted molar refractivity (Wildman–Crippen MR) is 117 cm³/mol. The summed E-state index contributed by atoms with van der Waals surface area (Å²) in [6.45, 7) is 4.11. The molecule has 0 saturated carbocycles. The molecule has 1 atom stereocenters. The summed E-state index contributed by atoms with van der Waals surface area (Å²) < 4.78 is 45.3. The van der Waals surface area contributed by atoms with Crippen LogP contribution in [0.1, 0.15) is 38.2 Å². The fourth-order valence-corrected chi connectivity index (χ4v) is 4.37. The fraction of sp³-hybridized carbons (Fsp3) is 0.478. The van der Waals surface area contributed by atoms with Crippen LogP contribution in [-0.2, 0) is 6.18 Å². The summed E-state index contributed by atoms with van der Waals surface area (Å²) in [4.78, 5) is 21.6. The number of halogens is 3. The van der Waals surface area contributed by atoms with Crippen LogP contribution in [-0.4, -0.2) is 43.8 Å². The quantitative estimate of drug-likeness (QED) is 0.627. The molecule has 3 heterocycles. The second-order valence-electron chi connectivity index (χ2n) is 8.16. The molecule has 2 amide bonds. The van der Waals surface area contributed by atoms with E-state index in [1.54, 1.807) is 17.0 Å². The first-order chi connectivity index (χ1) is 15.3. The largest absolute Gasteiger partial charge is 0.494 e. The summed E-state index contributed by atoms with van der Waals surface area (Å²) in [5.41, 5.74) is 0.610. The Labute approximate surface area is 185 Å². The van der Waals surface area contributed by atoms with E-state index in [4.69, 9.17) is 4.74 Å². The summed E-state index contributed by atoms with van der Waals surface area (Å²) in [5.74, 6) is 0.921. The molecule has 0 spiro atoms. The number of alkyl halides is 3. The van der Waals surface area contributed by atoms with Crippen molar-refractivity contribution in [2.24, 2.45) is 0 Å². The molecule has 172 valence electrons. The number of anilines is 2. The maximum absolute atomic E-state index is 13.2. The van der Waals surface area contributed by atoms with Gasteiger partial charge in [0.1, 0.15) is 11.4 Å². The highest BCUT2D eigenvalue weighted by Crippen LogP contribution is 2.46. The van der Waals surface area contributed by atoms with Gasteiger partial charge in [-0.05, 0) is 25.0 Å². The molecule has 0 unspecified atom stereocenters. The Morgan fingerprint density at radius 1 is 1.28 bits per heavy atom. The van der Waals surface area contributed by atoms with E-state index >= 15 is 0 Å². The number of urea groups is 1. The van der Waals surface area contributed by atoms with Crippen LogP contribution in [0, 0.1) is 0 Å². The number of ether oxygens (including phenoxy) is 1. The zero-order chi connectivity index (χ0) is 22.9. The smallest absolute Gasteiger partial charge is 0.416 e. The molecule has 2 aliphatic rings. The monoisotopic (exact) mass is 448 g/mol. The van der Waals surface area contributed by atoms with Gasteiger partial charge in [0.25, 0.3) is 0 Å². The topological polar surface area (TPSA) is 57.7 Å². The number of unbranched alkanes of at least 4 members (excludes halogenated alkanes) is 2. The third-order valence-electron chi connectivity index (χ3n) is 5.99. The minimum atomic E-state index is -4.45. The number of carbonyl (C=O) groups is 1. The van der Waals surface area contributed by atoms with Gasteiger partial charge in [-0.25, -0.2) is 9.78 Å². The maximum atomic E-state index is 13.2. The van der Waals surface area contributed by atoms with E-state index in [1.165, 1.54) is 13.2 Å². The highest BCUT2D eigenvalue weighted by atomic mass is 19.4. The number of carbonyl (C=O) groups excluding carboxylic acids is 1. The molecule has 4 rings (SSSR count). The third-order valence-corrected chi connectivity index (χ3v) is 5.99. The highest BCUT2D eigenvalue weighted by Gasteiger charge is 2.42. The first-order valence-corrected chi connectivity index (χ1v) is 10.9. The third kappa shape index (κ3) is 4.20. The minimum Gasteiger partial charge on any atom is -0.494 e. The lowest BCUT2D eigenvalue weighted by Gasteiger charge is -2.36. The molecule has 1 saturated heterocycles. The van der Waals surface area contributed by atoms with Crippen LogP contribution in [0.25, 0.3) is 11.3 Å². The maximum Gasteiger partial charge on any atom is 0.416 e. The first-order valence-electron chi connectivity index (χ1n) is 10.9. The van der Waals surface area contributed by atoms with Crippen LogP contribution in [0.3, 0.4) is 0 Å². The Bertz CT molecular complexity index is 996. The summed E-state index contributed by atoms with van der Waals surface area (Å²) >= 11 is 0. The van der Waals surface area contributed by atoms with E-state index in [9.17, 15) is 18.0 Å². The number of hydrogen-bond donors (Lipinski definition) is 1. The van der Waals surface area contributed by atoms with Crippen LogP contribution in [0.5, 0.6) is 5.75 Å². The SMILES string of the molecule is CCCCCNC(=O)N1c2nc(-c3cccc(C(F)(F)F)c3)cc(OC)c2N2CC[C@H]1C2. The van der Waals surface area contributed by atoms with Crippen molar-refractivity contribution in [3.05, 3.63) is 35.9 Å². The number of amides is 2. The zero-order valence-corrected chi connectivity index (χ0v) is 18.2. The van der Waals surface area contributed by atoms with Gasteiger partial charge in [0.05, 0.1) is 24.4 Å². The van der Waals surface area contributed by atoms with Gasteiger partial charge in [0.2, 0.25) is 0 Å². The number of methoxy groups -OCH3 is 1. The highest BCUT2D eigenvalue weighted by molar-refractivity contribution is 5.98. The van der Waals surface area contributed by atoms with Crippen molar-refractivity contribution in [3.63, 3.8) is 0 Å². The molecule has 1 aromatic heterocycles. The van der Waals surface area contributed by atoms with Crippen LogP contribution in [0.2, 0.25) is 0 Å². The van der Waals surface area contributed by atoms with Crippen molar-refractivity contribution in [2.75, 3.05) is 36.5 Å². The number of hydrogen-bond acceptors (Lipinski definition) is 4. The average Bonchev–Trinajstić information content (AvgIpc) is 3.19. The lowest BCUT2D eigenvalue weighted by atomic mass is 10.1. The predicted octanol–water partition coefficient (Wildman–Crippen LogP) is 5.07. The van der Waals surface area contributed by atoms with E-state index < -0.39 is 11.7 Å². The fourth-order valence-electron chi connectivity index (χ4n) is 4.37. The van der Waals surface area contributed by atoms with Gasteiger partial charge in [-0.2, -0.15) is 13.2 Å². The van der Waals surface area contributed by atoms with Crippen LogP contribution in [0.15, 0.2) is 30.3 Å². The second-order valence-corrected chi connectivity index (χ2v) is 8.16. The van der Waals surface area contributed by atoms with Crippen molar-refractivity contribution >= 4 is 17.5 Å². The molecule has 1 N–H and O–H groups in total. The zero-order valence-electron chi connectivity index (χ0n) is 18.2. The Morgan fingerprint density at radius 3 is 2.81 bits per heavy atom. The molecule has 32 heavy (non-hydrogen) atoms. The van der Waals surface area contributed by atoms with Crippen molar-refractivity contribution in [2.45, 2.75) is 44.8 Å². The van der Waals surface area contributed by atoms with E-state index in [1.807, 2.05) is 0 Å². The number of nitrogens with one attached hydrogen (secondary N) is 1. The summed E-state index contributed by atoms with van der Waals surface area (Å²) in [7, 11) is 1.52. The van der Waals surface area contributed by atoms with Gasteiger partial charge in [0.15, 0.2) is 5.82 Å². The number of fused-ring (bicyclic) bond motifs is 4. The Balaban J connectivity index is 1.75. The molecule has 0 radical (unpaired) electrons. The molecular formula is C23H27F3N4O2. The average molecular weight is 448 g/mol. The van der Waals surface area contributed by atoms with Gasteiger partial charge in [-0.15, -0.1) is 0 Å². The number of aromatic nitrogens is 1. The van der Waals surface area contributed by atoms with Crippen molar-refractivity contribution < 1.29 is 22.7 Å². The Morgan fingerprint density at radius 2 is 2.09 bits per heavy atom.